The Hall–Kier alpha value is -1.85. The van der Waals surface area contributed by atoms with Gasteiger partial charge in [-0.2, -0.15) is 0 Å². The van der Waals surface area contributed by atoms with Crippen LogP contribution in [0.5, 0.6) is 0 Å². The van der Waals surface area contributed by atoms with Crippen LogP contribution < -0.4 is 0 Å². The summed E-state index contributed by atoms with van der Waals surface area (Å²) in [5.74, 6) is 0. The number of rotatable bonds is 3. The van der Waals surface area contributed by atoms with E-state index in [1.165, 1.54) is 12.1 Å². The predicted octanol–water partition coefficient (Wildman–Crippen LogP) is 5.01. The number of halogens is 2. The number of hydrogen-bond acceptors (Lipinski definition) is 2. The molecule has 0 saturated heterocycles. The molecule has 1 aromatic heterocycles. The first-order valence-corrected chi connectivity index (χ1v) is 7.39. The third-order valence-electron chi connectivity index (χ3n) is 3.32. The average molecular weight is 366 g/mol. The Bertz CT molecular complexity index is 845. The average Bonchev–Trinajstić information content (AvgIpc) is 2.83. The second-order valence-electron chi connectivity index (χ2n) is 4.68. The molecule has 0 unspecified atom stereocenters. The molecule has 0 saturated carbocycles. The SMILES string of the molecule is O=[N+]([O-])c1ccc(Cn2ccc3ccc(Cl)cc32)c(Br)c1. The number of hydrogen-bond donors (Lipinski definition) is 0. The quantitative estimate of drug-likeness (QED) is 0.483. The molecule has 0 spiro atoms. The summed E-state index contributed by atoms with van der Waals surface area (Å²) in [4.78, 5) is 10.4. The van der Waals surface area contributed by atoms with E-state index >= 15 is 0 Å². The first-order chi connectivity index (χ1) is 10.0. The van der Waals surface area contributed by atoms with Gasteiger partial charge in [-0.15, -0.1) is 0 Å². The van der Waals surface area contributed by atoms with E-state index in [9.17, 15) is 10.1 Å². The van der Waals surface area contributed by atoms with E-state index in [0.29, 0.717) is 11.6 Å². The van der Waals surface area contributed by atoms with E-state index in [4.69, 9.17) is 11.6 Å². The maximum Gasteiger partial charge on any atom is 0.270 e. The Labute approximate surface area is 134 Å². The van der Waals surface area contributed by atoms with Crippen molar-refractivity contribution in [3.05, 3.63) is 73.8 Å². The molecule has 3 rings (SSSR count). The van der Waals surface area contributed by atoms with E-state index in [0.717, 1.165) is 20.9 Å². The summed E-state index contributed by atoms with van der Waals surface area (Å²) < 4.78 is 2.79. The van der Waals surface area contributed by atoms with Crippen molar-refractivity contribution in [2.24, 2.45) is 0 Å². The van der Waals surface area contributed by atoms with Crippen molar-refractivity contribution in [3.8, 4) is 0 Å². The highest BCUT2D eigenvalue weighted by molar-refractivity contribution is 9.10. The minimum absolute atomic E-state index is 0.0750. The van der Waals surface area contributed by atoms with Gasteiger partial charge in [0.1, 0.15) is 0 Å². The van der Waals surface area contributed by atoms with Crippen LogP contribution in [0, 0.1) is 10.1 Å². The van der Waals surface area contributed by atoms with Gasteiger partial charge in [-0.1, -0.05) is 33.6 Å². The van der Waals surface area contributed by atoms with Gasteiger partial charge in [0, 0.05) is 39.9 Å². The van der Waals surface area contributed by atoms with Gasteiger partial charge in [0.2, 0.25) is 0 Å². The topological polar surface area (TPSA) is 48.1 Å². The lowest BCUT2D eigenvalue weighted by Crippen LogP contribution is -1.99. The molecule has 0 aliphatic heterocycles. The van der Waals surface area contributed by atoms with Crippen molar-refractivity contribution < 1.29 is 4.92 Å². The van der Waals surface area contributed by atoms with Crippen LogP contribution in [-0.2, 0) is 6.54 Å². The van der Waals surface area contributed by atoms with E-state index in [1.54, 1.807) is 6.07 Å². The Morgan fingerprint density at radius 2 is 2.00 bits per heavy atom. The fourth-order valence-electron chi connectivity index (χ4n) is 2.26. The Balaban J connectivity index is 1.99. The lowest BCUT2D eigenvalue weighted by Gasteiger charge is -2.08. The van der Waals surface area contributed by atoms with Gasteiger partial charge in [0.15, 0.2) is 0 Å². The monoisotopic (exact) mass is 364 g/mol. The Morgan fingerprint density at radius 1 is 1.19 bits per heavy atom. The molecule has 0 radical (unpaired) electrons. The predicted molar refractivity (Wildman–Crippen MR) is 86.8 cm³/mol. The third kappa shape index (κ3) is 2.80. The zero-order valence-corrected chi connectivity index (χ0v) is 13.1. The highest BCUT2D eigenvalue weighted by atomic mass is 79.9. The lowest BCUT2D eigenvalue weighted by atomic mass is 10.2. The van der Waals surface area contributed by atoms with Crippen molar-refractivity contribution in [3.63, 3.8) is 0 Å². The van der Waals surface area contributed by atoms with Crippen molar-refractivity contribution in [1.29, 1.82) is 0 Å². The van der Waals surface area contributed by atoms with Gasteiger partial charge in [0.25, 0.3) is 5.69 Å². The normalized spacial score (nSPS) is 11.0. The first-order valence-electron chi connectivity index (χ1n) is 6.22. The highest BCUT2D eigenvalue weighted by Crippen LogP contribution is 2.26. The standard InChI is InChI=1S/C15H10BrClN2O2/c16-14-8-13(19(20)21)4-2-11(14)9-18-6-5-10-1-3-12(17)7-15(10)18/h1-8H,9H2. The van der Waals surface area contributed by atoms with Crippen molar-refractivity contribution >= 4 is 44.1 Å². The second-order valence-corrected chi connectivity index (χ2v) is 5.97. The number of nitro benzene ring substituents is 1. The van der Waals surface area contributed by atoms with Crippen LogP contribution in [0.25, 0.3) is 10.9 Å². The second kappa shape index (κ2) is 5.50. The fraction of sp³-hybridized carbons (Fsp3) is 0.0667. The third-order valence-corrected chi connectivity index (χ3v) is 4.30. The molecule has 2 aromatic carbocycles. The summed E-state index contributed by atoms with van der Waals surface area (Å²) in [5.41, 5.74) is 2.08. The molecular weight excluding hydrogens is 356 g/mol. The number of fused-ring (bicyclic) bond motifs is 1. The summed E-state index contributed by atoms with van der Waals surface area (Å²) in [6.07, 6.45) is 1.98. The zero-order chi connectivity index (χ0) is 15.0. The largest absolute Gasteiger partial charge is 0.343 e. The van der Waals surface area contributed by atoms with Crippen molar-refractivity contribution in [2.45, 2.75) is 6.54 Å². The van der Waals surface area contributed by atoms with Crippen LogP contribution in [0.4, 0.5) is 5.69 Å². The molecule has 106 valence electrons. The summed E-state index contributed by atoms with van der Waals surface area (Å²) in [5, 5.41) is 12.6. The van der Waals surface area contributed by atoms with Gasteiger partial charge < -0.3 is 4.57 Å². The molecule has 0 fully saturated rings. The molecule has 3 aromatic rings. The number of nitrogens with zero attached hydrogens (tertiary/aromatic N) is 2. The molecular formula is C15H10BrClN2O2. The number of benzene rings is 2. The molecule has 0 N–H and O–H groups in total. The van der Waals surface area contributed by atoms with Crippen LogP contribution in [0.15, 0.2) is 53.1 Å². The summed E-state index contributed by atoms with van der Waals surface area (Å²) in [6, 6.07) is 12.6. The molecule has 0 bridgehead atoms. The summed E-state index contributed by atoms with van der Waals surface area (Å²) in [6.45, 7) is 0.614. The first kappa shape index (κ1) is 14.1. The van der Waals surface area contributed by atoms with E-state index < -0.39 is 4.92 Å². The van der Waals surface area contributed by atoms with Crippen LogP contribution in [0.2, 0.25) is 5.02 Å². The van der Waals surface area contributed by atoms with E-state index in [1.807, 2.05) is 30.5 Å². The van der Waals surface area contributed by atoms with Crippen LogP contribution >= 0.6 is 27.5 Å². The molecule has 0 aliphatic carbocycles. The molecule has 0 amide bonds. The van der Waals surface area contributed by atoms with Crippen LogP contribution in [0.1, 0.15) is 5.56 Å². The van der Waals surface area contributed by atoms with Gasteiger partial charge in [0.05, 0.1) is 4.92 Å². The smallest absolute Gasteiger partial charge is 0.270 e. The number of nitro groups is 1. The lowest BCUT2D eigenvalue weighted by molar-refractivity contribution is -0.384. The molecule has 4 nitrogen and oxygen atoms in total. The maximum atomic E-state index is 10.8. The van der Waals surface area contributed by atoms with E-state index in [-0.39, 0.29) is 5.69 Å². The zero-order valence-electron chi connectivity index (χ0n) is 10.8. The molecule has 0 atom stereocenters. The van der Waals surface area contributed by atoms with Crippen molar-refractivity contribution in [1.82, 2.24) is 4.57 Å². The van der Waals surface area contributed by atoms with Gasteiger partial charge >= 0.3 is 0 Å². The van der Waals surface area contributed by atoms with Gasteiger partial charge in [-0.25, -0.2) is 0 Å². The minimum Gasteiger partial charge on any atom is -0.343 e. The van der Waals surface area contributed by atoms with Crippen LogP contribution in [0.3, 0.4) is 0 Å². The molecule has 0 aliphatic rings. The highest BCUT2D eigenvalue weighted by Gasteiger charge is 2.10. The maximum absolute atomic E-state index is 10.8. The Kier molecular flexibility index (Phi) is 3.69. The molecule has 1 heterocycles. The van der Waals surface area contributed by atoms with Crippen LogP contribution in [-0.4, -0.2) is 9.49 Å². The van der Waals surface area contributed by atoms with E-state index in [2.05, 4.69) is 20.5 Å². The Morgan fingerprint density at radius 3 is 2.71 bits per heavy atom. The van der Waals surface area contributed by atoms with Crippen molar-refractivity contribution in [2.75, 3.05) is 0 Å². The minimum atomic E-state index is -0.403. The molecule has 21 heavy (non-hydrogen) atoms. The number of non-ortho nitro benzene ring substituents is 1. The number of aromatic nitrogens is 1. The summed E-state index contributed by atoms with van der Waals surface area (Å²) >= 11 is 9.44. The molecule has 6 heteroatoms. The fourth-order valence-corrected chi connectivity index (χ4v) is 2.91. The van der Waals surface area contributed by atoms with Gasteiger partial charge in [-0.05, 0) is 35.2 Å². The summed E-state index contributed by atoms with van der Waals surface area (Å²) in [7, 11) is 0. The van der Waals surface area contributed by atoms with Gasteiger partial charge in [-0.3, -0.25) is 10.1 Å².